The quantitative estimate of drug-likeness (QED) is 0.879. The molecular weight excluding hydrogens is 258 g/mol. The zero-order valence-corrected chi connectivity index (χ0v) is 11.2. The molecule has 2 unspecified atom stereocenters. The maximum atomic E-state index is 12.2. The molecule has 0 aromatic carbocycles. The summed E-state index contributed by atoms with van der Waals surface area (Å²) in [7, 11) is 0. The van der Waals surface area contributed by atoms with Crippen LogP contribution in [0.5, 0.6) is 0 Å². The van der Waals surface area contributed by atoms with Crippen molar-refractivity contribution in [1.29, 1.82) is 0 Å². The number of amides is 1. The number of nitrogens with zero attached hydrogens (tertiary/aromatic N) is 1. The lowest BCUT2D eigenvalue weighted by atomic mass is 9.95. The second kappa shape index (κ2) is 4.28. The van der Waals surface area contributed by atoms with E-state index in [9.17, 15) is 4.79 Å². The Bertz CT molecular complexity index is 638. The van der Waals surface area contributed by atoms with Crippen molar-refractivity contribution in [2.45, 2.75) is 37.4 Å². The van der Waals surface area contributed by atoms with E-state index in [1.165, 1.54) is 12.8 Å². The highest BCUT2D eigenvalue weighted by Crippen LogP contribution is 2.28. The summed E-state index contributed by atoms with van der Waals surface area (Å²) in [6.45, 7) is 0. The number of pyridine rings is 1. The molecule has 2 aromatic rings. The first kappa shape index (κ1) is 11.4. The van der Waals surface area contributed by atoms with Crippen LogP contribution in [0.2, 0.25) is 0 Å². The van der Waals surface area contributed by atoms with E-state index in [1.54, 1.807) is 17.5 Å². The number of aromatic nitrogens is 1. The van der Waals surface area contributed by atoms with Gasteiger partial charge in [0, 0.05) is 34.4 Å². The third-order valence-electron chi connectivity index (χ3n) is 4.19. The Morgan fingerprint density at radius 3 is 3.21 bits per heavy atom. The summed E-state index contributed by atoms with van der Waals surface area (Å²) in [5.74, 6) is -0.0466. The van der Waals surface area contributed by atoms with Crippen molar-refractivity contribution in [1.82, 2.24) is 15.6 Å². The first-order valence-corrected chi connectivity index (χ1v) is 7.58. The molecule has 4 rings (SSSR count). The van der Waals surface area contributed by atoms with Gasteiger partial charge < -0.3 is 10.6 Å². The number of rotatable bonds is 2. The average molecular weight is 273 g/mol. The van der Waals surface area contributed by atoms with Crippen LogP contribution < -0.4 is 10.6 Å². The van der Waals surface area contributed by atoms with Gasteiger partial charge in [-0.1, -0.05) is 0 Å². The first-order valence-electron chi connectivity index (χ1n) is 6.70. The molecule has 2 aliphatic rings. The highest BCUT2D eigenvalue weighted by Gasteiger charge is 2.39. The summed E-state index contributed by atoms with van der Waals surface area (Å²) < 4.78 is 1.12. The summed E-state index contributed by atoms with van der Waals surface area (Å²) >= 11 is 1.64. The molecule has 3 atom stereocenters. The van der Waals surface area contributed by atoms with E-state index in [0.29, 0.717) is 17.8 Å². The zero-order valence-electron chi connectivity index (χ0n) is 10.4. The molecule has 0 spiro atoms. The predicted octanol–water partition coefficient (Wildman–Crippen LogP) is 1.92. The normalized spacial score (nSPS) is 28.9. The Labute approximate surface area is 115 Å². The van der Waals surface area contributed by atoms with Crippen molar-refractivity contribution in [3.8, 4) is 0 Å². The maximum absolute atomic E-state index is 12.2. The first-order chi connectivity index (χ1) is 9.29. The zero-order chi connectivity index (χ0) is 12.8. The largest absolute Gasteiger partial charge is 0.346 e. The third-order valence-corrected chi connectivity index (χ3v) is 5.07. The van der Waals surface area contributed by atoms with E-state index >= 15 is 0 Å². The molecule has 2 bridgehead atoms. The number of nitrogens with one attached hydrogen (secondary N) is 2. The summed E-state index contributed by atoms with van der Waals surface area (Å²) in [5.41, 5.74) is 0.526. The molecule has 4 nitrogen and oxygen atoms in total. The van der Waals surface area contributed by atoms with Gasteiger partial charge in [-0.15, -0.1) is 11.3 Å². The molecule has 0 saturated carbocycles. The fourth-order valence-corrected chi connectivity index (χ4v) is 4.00. The predicted molar refractivity (Wildman–Crippen MR) is 75.4 cm³/mol. The van der Waals surface area contributed by atoms with Crippen molar-refractivity contribution in [3.63, 3.8) is 0 Å². The minimum atomic E-state index is -0.0466. The summed E-state index contributed by atoms with van der Waals surface area (Å²) in [4.78, 5) is 16.5. The van der Waals surface area contributed by atoms with Gasteiger partial charge in [0.1, 0.15) is 5.69 Å². The summed E-state index contributed by atoms with van der Waals surface area (Å²) in [6, 6.07) is 5.24. The molecule has 4 heterocycles. The Balaban J connectivity index is 1.53. The van der Waals surface area contributed by atoms with Gasteiger partial charge in [-0.05, 0) is 36.8 Å². The van der Waals surface area contributed by atoms with E-state index in [4.69, 9.17) is 0 Å². The second-order valence-electron chi connectivity index (χ2n) is 5.39. The van der Waals surface area contributed by atoms with Crippen molar-refractivity contribution in [3.05, 3.63) is 29.4 Å². The maximum Gasteiger partial charge on any atom is 0.270 e. The minimum absolute atomic E-state index is 0.0466. The van der Waals surface area contributed by atoms with Gasteiger partial charge >= 0.3 is 0 Å². The van der Waals surface area contributed by atoms with Crippen LogP contribution >= 0.6 is 11.3 Å². The third kappa shape index (κ3) is 1.93. The number of carbonyl (C=O) groups is 1. The number of hydrogen-bond donors (Lipinski definition) is 2. The van der Waals surface area contributed by atoms with Gasteiger partial charge in [-0.2, -0.15) is 0 Å². The molecule has 2 saturated heterocycles. The molecule has 2 aliphatic heterocycles. The lowest BCUT2D eigenvalue weighted by Crippen LogP contribution is -2.43. The minimum Gasteiger partial charge on any atom is -0.346 e. The molecule has 19 heavy (non-hydrogen) atoms. The highest BCUT2D eigenvalue weighted by molar-refractivity contribution is 7.17. The molecule has 98 valence electrons. The number of thiophene rings is 1. The van der Waals surface area contributed by atoms with Gasteiger partial charge in [0.2, 0.25) is 0 Å². The van der Waals surface area contributed by atoms with Crippen LogP contribution in [0.3, 0.4) is 0 Å². The van der Waals surface area contributed by atoms with Gasteiger partial charge in [-0.3, -0.25) is 9.78 Å². The molecule has 2 N–H and O–H groups in total. The fraction of sp³-hybridized carbons (Fsp3) is 0.429. The van der Waals surface area contributed by atoms with Crippen molar-refractivity contribution in [2.75, 3.05) is 0 Å². The van der Waals surface area contributed by atoms with Crippen LogP contribution in [0, 0.1) is 0 Å². The van der Waals surface area contributed by atoms with E-state index in [0.717, 1.165) is 16.5 Å². The number of fused-ring (bicyclic) bond motifs is 3. The van der Waals surface area contributed by atoms with Crippen LogP contribution in [-0.2, 0) is 0 Å². The Morgan fingerprint density at radius 2 is 2.42 bits per heavy atom. The molecule has 0 aliphatic carbocycles. The Morgan fingerprint density at radius 1 is 1.47 bits per heavy atom. The topological polar surface area (TPSA) is 54.0 Å². The van der Waals surface area contributed by atoms with E-state index in [-0.39, 0.29) is 11.9 Å². The number of carbonyl (C=O) groups excluding carboxylic acids is 1. The average Bonchev–Trinajstić information content (AvgIpc) is 3.13. The monoisotopic (exact) mass is 273 g/mol. The van der Waals surface area contributed by atoms with Crippen LogP contribution in [0.15, 0.2) is 23.7 Å². The van der Waals surface area contributed by atoms with Crippen LogP contribution in [-0.4, -0.2) is 29.0 Å². The SMILES string of the molecule is O=C(N[C@@H]1CC2CCC1N2)c1cc2sccc2cn1. The van der Waals surface area contributed by atoms with E-state index in [2.05, 4.69) is 15.6 Å². The van der Waals surface area contributed by atoms with Gasteiger partial charge in [0.05, 0.1) is 0 Å². The van der Waals surface area contributed by atoms with Crippen molar-refractivity contribution < 1.29 is 4.79 Å². The summed E-state index contributed by atoms with van der Waals surface area (Å²) in [6.07, 6.45) is 5.25. The highest BCUT2D eigenvalue weighted by atomic mass is 32.1. The number of hydrogen-bond acceptors (Lipinski definition) is 4. The van der Waals surface area contributed by atoms with E-state index in [1.807, 2.05) is 17.5 Å². The molecule has 1 amide bonds. The van der Waals surface area contributed by atoms with E-state index < -0.39 is 0 Å². The fourth-order valence-electron chi connectivity index (χ4n) is 3.21. The smallest absolute Gasteiger partial charge is 0.270 e. The Kier molecular flexibility index (Phi) is 2.56. The standard InChI is InChI=1S/C14H15N3OS/c18-14(17-11-5-9-1-2-10(11)16-9)12-6-13-8(7-15-12)3-4-19-13/h3-4,6-7,9-11,16H,1-2,5H2,(H,17,18)/t9?,10?,11-/m1/s1. The molecule has 2 aromatic heterocycles. The van der Waals surface area contributed by atoms with Gasteiger partial charge in [0.15, 0.2) is 0 Å². The molecule has 2 fully saturated rings. The summed E-state index contributed by atoms with van der Waals surface area (Å²) in [5, 5.41) is 9.77. The van der Waals surface area contributed by atoms with Crippen LogP contribution in [0.4, 0.5) is 0 Å². The molecular formula is C14H15N3OS. The van der Waals surface area contributed by atoms with Gasteiger partial charge in [0.25, 0.3) is 5.91 Å². The van der Waals surface area contributed by atoms with Crippen molar-refractivity contribution in [2.24, 2.45) is 0 Å². The van der Waals surface area contributed by atoms with Gasteiger partial charge in [-0.25, -0.2) is 0 Å². The van der Waals surface area contributed by atoms with Crippen molar-refractivity contribution >= 4 is 27.3 Å². The Hall–Kier alpha value is -1.46. The molecule has 0 radical (unpaired) electrons. The van der Waals surface area contributed by atoms with Crippen LogP contribution in [0.25, 0.3) is 10.1 Å². The lowest BCUT2D eigenvalue weighted by molar-refractivity contribution is 0.0926. The molecule has 5 heteroatoms. The second-order valence-corrected chi connectivity index (χ2v) is 6.34. The lowest BCUT2D eigenvalue weighted by Gasteiger charge is -2.21. The van der Waals surface area contributed by atoms with Crippen LogP contribution in [0.1, 0.15) is 29.8 Å².